The molecule has 1 atom stereocenters. The summed E-state index contributed by atoms with van der Waals surface area (Å²) in [5, 5.41) is 3.72. The Morgan fingerprint density at radius 3 is 2.36 bits per heavy atom. The third kappa shape index (κ3) is 3.23. The second-order valence-corrected chi connectivity index (χ2v) is 7.23. The lowest BCUT2D eigenvalue weighted by Crippen LogP contribution is -2.29. The molecule has 1 aromatic carbocycles. The molecule has 0 spiro atoms. The van der Waals surface area contributed by atoms with E-state index in [4.69, 9.17) is 4.52 Å². The number of rotatable bonds is 5. The first-order valence-electron chi connectivity index (χ1n) is 7.28. The smallest absolute Gasteiger partial charge is 0.246 e. The Labute approximate surface area is 131 Å². The quantitative estimate of drug-likeness (QED) is 0.916. The first-order chi connectivity index (χ1) is 10.3. The minimum absolute atomic E-state index is 0.134. The molecule has 0 saturated carbocycles. The number of nitrogens with one attached hydrogen (secondary N) is 1. The van der Waals surface area contributed by atoms with E-state index in [0.717, 1.165) is 11.1 Å². The van der Waals surface area contributed by atoms with E-state index in [-0.39, 0.29) is 10.9 Å². The predicted molar refractivity (Wildman–Crippen MR) is 85.2 cm³/mol. The summed E-state index contributed by atoms with van der Waals surface area (Å²) in [7, 11) is -3.67. The second kappa shape index (κ2) is 6.22. The first-order valence-corrected chi connectivity index (χ1v) is 8.77. The third-order valence-electron chi connectivity index (χ3n) is 3.88. The van der Waals surface area contributed by atoms with Gasteiger partial charge in [0.2, 0.25) is 10.0 Å². The SMILES string of the molecule is CCC(NS(=O)(=O)c1c(C)noc1C)c1ccc(C)c(C)c1. The summed E-state index contributed by atoms with van der Waals surface area (Å²) in [5.74, 6) is 0.305. The van der Waals surface area contributed by atoms with Gasteiger partial charge in [-0.25, -0.2) is 13.1 Å². The maximum atomic E-state index is 12.6. The van der Waals surface area contributed by atoms with E-state index in [1.165, 1.54) is 5.56 Å². The molecule has 1 unspecified atom stereocenters. The number of nitrogens with zero attached hydrogens (tertiary/aromatic N) is 1. The lowest BCUT2D eigenvalue weighted by Gasteiger charge is -2.18. The van der Waals surface area contributed by atoms with Crippen LogP contribution in [0.2, 0.25) is 0 Å². The summed E-state index contributed by atoms with van der Waals surface area (Å²) in [6.07, 6.45) is 0.658. The van der Waals surface area contributed by atoms with Gasteiger partial charge < -0.3 is 4.52 Å². The zero-order valence-electron chi connectivity index (χ0n) is 13.6. The number of sulfonamides is 1. The number of benzene rings is 1. The largest absolute Gasteiger partial charge is 0.360 e. The molecule has 5 nitrogen and oxygen atoms in total. The Bertz CT molecular complexity index is 759. The topological polar surface area (TPSA) is 72.2 Å². The van der Waals surface area contributed by atoms with Crippen molar-refractivity contribution in [3.8, 4) is 0 Å². The summed E-state index contributed by atoms with van der Waals surface area (Å²) in [6, 6.07) is 5.72. The van der Waals surface area contributed by atoms with Crippen molar-refractivity contribution in [2.45, 2.75) is 52.0 Å². The standard InChI is InChI=1S/C16H22N2O3S/c1-6-15(14-8-7-10(2)11(3)9-14)18-22(19,20)16-12(4)17-21-13(16)5/h7-9,15,18H,6H2,1-5H3. The molecule has 0 aliphatic heterocycles. The molecular weight excluding hydrogens is 300 g/mol. The van der Waals surface area contributed by atoms with Gasteiger partial charge >= 0.3 is 0 Å². The van der Waals surface area contributed by atoms with Crippen molar-refractivity contribution in [2.75, 3.05) is 0 Å². The molecule has 0 amide bonds. The number of hydrogen-bond acceptors (Lipinski definition) is 4. The van der Waals surface area contributed by atoms with Crippen LogP contribution in [0.1, 0.15) is 47.5 Å². The van der Waals surface area contributed by atoms with Gasteiger partial charge in [0, 0.05) is 6.04 Å². The van der Waals surface area contributed by atoms with Crippen LogP contribution < -0.4 is 4.72 Å². The normalized spacial score (nSPS) is 13.3. The summed E-state index contributed by atoms with van der Waals surface area (Å²) in [4.78, 5) is 0.134. The fourth-order valence-corrected chi connectivity index (χ4v) is 4.11. The Kier molecular flexibility index (Phi) is 4.72. The number of hydrogen-bond donors (Lipinski definition) is 1. The van der Waals surface area contributed by atoms with E-state index in [1.54, 1.807) is 13.8 Å². The first kappa shape index (κ1) is 16.7. The Hall–Kier alpha value is -1.66. The van der Waals surface area contributed by atoms with E-state index in [9.17, 15) is 8.42 Å². The van der Waals surface area contributed by atoms with Crippen molar-refractivity contribution >= 4 is 10.0 Å². The van der Waals surface area contributed by atoms with Crippen LogP contribution in [0, 0.1) is 27.7 Å². The highest BCUT2D eigenvalue weighted by Gasteiger charge is 2.27. The van der Waals surface area contributed by atoms with Gasteiger partial charge in [0.05, 0.1) is 0 Å². The van der Waals surface area contributed by atoms with Crippen LogP contribution in [0.3, 0.4) is 0 Å². The molecular formula is C16H22N2O3S. The van der Waals surface area contributed by atoms with Gasteiger partial charge in [-0.2, -0.15) is 0 Å². The zero-order valence-corrected chi connectivity index (χ0v) is 14.4. The van der Waals surface area contributed by atoms with Gasteiger partial charge in [0.25, 0.3) is 0 Å². The van der Waals surface area contributed by atoms with Crippen molar-refractivity contribution < 1.29 is 12.9 Å². The van der Waals surface area contributed by atoms with Gasteiger partial charge in [0.1, 0.15) is 10.6 Å². The van der Waals surface area contributed by atoms with Crippen molar-refractivity contribution in [2.24, 2.45) is 0 Å². The summed E-state index contributed by atoms with van der Waals surface area (Å²) >= 11 is 0. The summed E-state index contributed by atoms with van der Waals surface area (Å²) in [5.41, 5.74) is 3.67. The van der Waals surface area contributed by atoms with E-state index in [2.05, 4.69) is 9.88 Å². The molecule has 0 aliphatic rings. The Morgan fingerprint density at radius 1 is 1.18 bits per heavy atom. The van der Waals surface area contributed by atoms with Crippen LogP contribution in [0.5, 0.6) is 0 Å². The highest BCUT2D eigenvalue weighted by atomic mass is 32.2. The van der Waals surface area contributed by atoms with E-state index in [0.29, 0.717) is 17.9 Å². The lowest BCUT2D eigenvalue weighted by molar-refractivity contribution is 0.390. The highest BCUT2D eigenvalue weighted by molar-refractivity contribution is 7.89. The molecule has 0 saturated heterocycles. The Morgan fingerprint density at radius 2 is 1.86 bits per heavy atom. The molecule has 0 radical (unpaired) electrons. The molecule has 1 heterocycles. The third-order valence-corrected chi connectivity index (χ3v) is 5.59. The van der Waals surface area contributed by atoms with Crippen LogP contribution in [0.4, 0.5) is 0 Å². The predicted octanol–water partition coefficient (Wildman–Crippen LogP) is 3.34. The molecule has 1 N–H and O–H groups in total. The Balaban J connectivity index is 2.35. The minimum atomic E-state index is -3.67. The maximum absolute atomic E-state index is 12.6. The molecule has 1 aromatic heterocycles. The van der Waals surface area contributed by atoms with Crippen LogP contribution in [-0.4, -0.2) is 13.6 Å². The van der Waals surface area contributed by atoms with E-state index in [1.807, 2.05) is 39.0 Å². The average Bonchev–Trinajstić information content (AvgIpc) is 2.79. The maximum Gasteiger partial charge on any atom is 0.246 e. The summed E-state index contributed by atoms with van der Waals surface area (Å²) in [6.45, 7) is 9.24. The van der Waals surface area contributed by atoms with Crippen molar-refractivity contribution in [3.63, 3.8) is 0 Å². The van der Waals surface area contributed by atoms with Gasteiger partial charge in [-0.05, 0) is 50.8 Å². The van der Waals surface area contributed by atoms with Crippen LogP contribution in [0.15, 0.2) is 27.6 Å². The van der Waals surface area contributed by atoms with Gasteiger partial charge in [0.15, 0.2) is 5.76 Å². The molecule has 2 rings (SSSR count). The summed E-state index contributed by atoms with van der Waals surface area (Å²) < 4.78 is 33.0. The van der Waals surface area contributed by atoms with Crippen molar-refractivity contribution in [3.05, 3.63) is 46.3 Å². The van der Waals surface area contributed by atoms with Gasteiger partial charge in [-0.1, -0.05) is 30.3 Å². The fraction of sp³-hybridized carbons (Fsp3) is 0.438. The second-order valence-electron chi connectivity index (χ2n) is 5.58. The average molecular weight is 322 g/mol. The fourth-order valence-electron chi connectivity index (χ4n) is 2.47. The molecule has 0 bridgehead atoms. The van der Waals surface area contributed by atoms with Crippen LogP contribution >= 0.6 is 0 Å². The zero-order chi connectivity index (χ0) is 16.5. The molecule has 120 valence electrons. The molecule has 0 aliphatic carbocycles. The monoisotopic (exact) mass is 322 g/mol. The molecule has 0 fully saturated rings. The molecule has 6 heteroatoms. The van der Waals surface area contributed by atoms with Crippen molar-refractivity contribution in [1.29, 1.82) is 0 Å². The minimum Gasteiger partial charge on any atom is -0.360 e. The van der Waals surface area contributed by atoms with Crippen molar-refractivity contribution in [1.82, 2.24) is 9.88 Å². The molecule has 22 heavy (non-hydrogen) atoms. The van der Waals surface area contributed by atoms with Gasteiger partial charge in [-0.3, -0.25) is 0 Å². The number of aryl methyl sites for hydroxylation is 4. The van der Waals surface area contributed by atoms with Gasteiger partial charge in [-0.15, -0.1) is 0 Å². The van der Waals surface area contributed by atoms with Crippen LogP contribution in [-0.2, 0) is 10.0 Å². The number of aromatic nitrogens is 1. The van der Waals surface area contributed by atoms with E-state index < -0.39 is 10.0 Å². The van der Waals surface area contributed by atoms with E-state index >= 15 is 0 Å². The van der Waals surface area contributed by atoms with Crippen LogP contribution in [0.25, 0.3) is 0 Å². The lowest BCUT2D eigenvalue weighted by atomic mass is 10.0. The highest BCUT2D eigenvalue weighted by Crippen LogP contribution is 2.25. The molecule has 2 aromatic rings.